The van der Waals surface area contributed by atoms with Gasteiger partial charge < -0.3 is 25.0 Å². The van der Waals surface area contributed by atoms with Crippen molar-refractivity contribution in [1.29, 1.82) is 0 Å². The first-order chi connectivity index (χ1) is 12.5. The van der Waals surface area contributed by atoms with Crippen LogP contribution >= 0.6 is 12.4 Å². The second-order valence-corrected chi connectivity index (χ2v) is 6.60. The first-order valence-electron chi connectivity index (χ1n) is 8.95. The highest BCUT2D eigenvalue weighted by Gasteiger charge is 2.28. The van der Waals surface area contributed by atoms with Crippen LogP contribution in [0.1, 0.15) is 30.1 Å². The van der Waals surface area contributed by atoms with Crippen LogP contribution in [-0.4, -0.2) is 63.7 Å². The van der Waals surface area contributed by atoms with Crippen molar-refractivity contribution in [3.05, 3.63) is 23.8 Å². The number of nitrogens with zero attached hydrogens (tertiary/aromatic N) is 1. The Morgan fingerprint density at radius 1 is 1.15 bits per heavy atom. The third kappa shape index (κ3) is 6.29. The van der Waals surface area contributed by atoms with Crippen LogP contribution in [0.2, 0.25) is 0 Å². The van der Waals surface area contributed by atoms with Crippen molar-refractivity contribution in [2.75, 3.05) is 40.9 Å². The maximum Gasteiger partial charge on any atom is 0.254 e. The van der Waals surface area contributed by atoms with Crippen LogP contribution in [0.3, 0.4) is 0 Å². The molecule has 0 radical (unpaired) electrons. The number of halogens is 1. The monoisotopic (exact) mass is 399 g/mol. The number of hydrogen-bond donors (Lipinski definition) is 2. The van der Waals surface area contributed by atoms with E-state index < -0.39 is 0 Å². The minimum Gasteiger partial charge on any atom is -0.497 e. The van der Waals surface area contributed by atoms with Crippen molar-refractivity contribution < 1.29 is 19.1 Å². The predicted octanol–water partition coefficient (Wildman–Crippen LogP) is 1.70. The van der Waals surface area contributed by atoms with Crippen molar-refractivity contribution in [1.82, 2.24) is 15.5 Å². The highest BCUT2D eigenvalue weighted by atomic mass is 35.5. The fourth-order valence-electron chi connectivity index (χ4n) is 2.96. The van der Waals surface area contributed by atoms with Gasteiger partial charge in [0, 0.05) is 43.2 Å². The summed E-state index contributed by atoms with van der Waals surface area (Å²) >= 11 is 0. The van der Waals surface area contributed by atoms with Crippen LogP contribution in [0.4, 0.5) is 0 Å². The van der Waals surface area contributed by atoms with Gasteiger partial charge in [0.15, 0.2) is 0 Å². The molecule has 1 saturated heterocycles. The Bertz CT molecular complexity index is 611. The van der Waals surface area contributed by atoms with Crippen molar-refractivity contribution >= 4 is 24.2 Å². The molecule has 1 unspecified atom stereocenters. The number of carbonyl (C=O) groups is 2. The number of ether oxygens (including phenoxy) is 2. The lowest BCUT2D eigenvalue weighted by Crippen LogP contribution is -2.45. The highest BCUT2D eigenvalue weighted by molar-refractivity contribution is 5.95. The summed E-state index contributed by atoms with van der Waals surface area (Å²) < 4.78 is 10.5. The number of amides is 2. The number of nitrogens with one attached hydrogen (secondary N) is 2. The van der Waals surface area contributed by atoms with Gasteiger partial charge in [-0.05, 0) is 38.9 Å². The third-order valence-electron chi connectivity index (χ3n) is 4.83. The fraction of sp³-hybridized carbons (Fsp3) is 0.579. The number of piperidine rings is 1. The zero-order valence-electron chi connectivity index (χ0n) is 16.4. The largest absolute Gasteiger partial charge is 0.497 e. The van der Waals surface area contributed by atoms with Gasteiger partial charge in [-0.25, -0.2) is 0 Å². The molecular weight excluding hydrogens is 370 g/mol. The van der Waals surface area contributed by atoms with Crippen molar-refractivity contribution in [2.45, 2.75) is 25.8 Å². The topological polar surface area (TPSA) is 79.9 Å². The van der Waals surface area contributed by atoms with Crippen LogP contribution in [0.25, 0.3) is 0 Å². The second-order valence-electron chi connectivity index (χ2n) is 6.60. The first-order valence-corrected chi connectivity index (χ1v) is 8.95. The number of benzene rings is 1. The average Bonchev–Trinajstić information content (AvgIpc) is 2.70. The molecule has 152 valence electrons. The molecule has 27 heavy (non-hydrogen) atoms. The minimum absolute atomic E-state index is 0. The SMILES string of the molecule is CNC(C)CNC(=O)C1CCN(C(=O)c2cc(OC)cc(OC)c2)CC1.Cl. The van der Waals surface area contributed by atoms with Crippen molar-refractivity contribution in [3.63, 3.8) is 0 Å². The van der Waals surface area contributed by atoms with E-state index in [9.17, 15) is 9.59 Å². The molecule has 2 rings (SSSR count). The molecule has 0 bridgehead atoms. The molecule has 1 aromatic rings. The summed E-state index contributed by atoms with van der Waals surface area (Å²) in [5.74, 6) is 1.14. The van der Waals surface area contributed by atoms with E-state index in [2.05, 4.69) is 10.6 Å². The summed E-state index contributed by atoms with van der Waals surface area (Å²) in [6, 6.07) is 5.40. The van der Waals surface area contributed by atoms with Crippen LogP contribution in [0, 0.1) is 5.92 Å². The van der Waals surface area contributed by atoms with Gasteiger partial charge in [-0.3, -0.25) is 9.59 Å². The molecule has 7 nitrogen and oxygen atoms in total. The normalized spacial score (nSPS) is 15.5. The van der Waals surface area contributed by atoms with Gasteiger partial charge in [-0.1, -0.05) is 0 Å². The van der Waals surface area contributed by atoms with Gasteiger partial charge in [-0.15, -0.1) is 12.4 Å². The lowest BCUT2D eigenvalue weighted by atomic mass is 9.95. The average molecular weight is 400 g/mol. The van der Waals surface area contributed by atoms with Crippen molar-refractivity contribution in [3.8, 4) is 11.5 Å². The number of likely N-dealkylation sites (tertiary alicyclic amines) is 1. The van der Waals surface area contributed by atoms with Crippen molar-refractivity contribution in [2.24, 2.45) is 5.92 Å². The summed E-state index contributed by atoms with van der Waals surface area (Å²) in [6.07, 6.45) is 1.35. The molecule has 0 saturated carbocycles. The van der Waals surface area contributed by atoms with E-state index in [4.69, 9.17) is 9.47 Å². The Hall–Kier alpha value is -1.99. The van der Waals surface area contributed by atoms with Gasteiger partial charge in [0.2, 0.25) is 5.91 Å². The van der Waals surface area contributed by atoms with E-state index in [1.54, 1.807) is 37.3 Å². The first kappa shape index (κ1) is 23.0. The summed E-state index contributed by atoms with van der Waals surface area (Å²) in [7, 11) is 4.98. The van der Waals surface area contributed by atoms with Gasteiger partial charge in [0.1, 0.15) is 11.5 Å². The Morgan fingerprint density at radius 2 is 1.70 bits per heavy atom. The van der Waals surface area contributed by atoms with Gasteiger partial charge >= 0.3 is 0 Å². The summed E-state index contributed by atoms with van der Waals surface area (Å²) in [5, 5.41) is 6.06. The Kier molecular flexibility index (Phi) is 9.38. The molecule has 0 aromatic heterocycles. The lowest BCUT2D eigenvalue weighted by Gasteiger charge is -2.31. The molecule has 1 aliphatic heterocycles. The highest BCUT2D eigenvalue weighted by Crippen LogP contribution is 2.25. The third-order valence-corrected chi connectivity index (χ3v) is 4.83. The van der Waals surface area contributed by atoms with Gasteiger partial charge in [0.05, 0.1) is 14.2 Å². The predicted molar refractivity (Wildman–Crippen MR) is 107 cm³/mol. The van der Waals surface area contributed by atoms with E-state index in [1.165, 1.54) is 0 Å². The maximum absolute atomic E-state index is 12.8. The molecule has 8 heteroatoms. The molecule has 1 atom stereocenters. The molecule has 1 aromatic carbocycles. The molecule has 1 fully saturated rings. The summed E-state index contributed by atoms with van der Waals surface area (Å²) in [6.45, 7) is 3.76. The second kappa shape index (κ2) is 11.0. The Morgan fingerprint density at radius 3 is 2.19 bits per heavy atom. The molecule has 0 spiro atoms. The smallest absolute Gasteiger partial charge is 0.254 e. The van der Waals surface area contributed by atoms with E-state index in [1.807, 2.05) is 14.0 Å². The Balaban J connectivity index is 0.00000364. The fourth-order valence-corrected chi connectivity index (χ4v) is 2.96. The summed E-state index contributed by atoms with van der Waals surface area (Å²) in [5.41, 5.74) is 0.534. The van der Waals surface area contributed by atoms with Crippen LogP contribution < -0.4 is 20.1 Å². The molecular formula is C19H30ClN3O4. The molecule has 2 N–H and O–H groups in total. The zero-order valence-corrected chi connectivity index (χ0v) is 17.2. The number of likely N-dealkylation sites (N-methyl/N-ethyl adjacent to an activating group) is 1. The van der Waals surface area contributed by atoms with Gasteiger partial charge in [-0.2, -0.15) is 0 Å². The number of methoxy groups -OCH3 is 2. The van der Waals surface area contributed by atoms with E-state index in [0.717, 1.165) is 0 Å². The molecule has 1 heterocycles. The number of hydrogen-bond acceptors (Lipinski definition) is 5. The minimum atomic E-state index is -0.0649. The quantitative estimate of drug-likeness (QED) is 0.729. The van der Waals surface area contributed by atoms with E-state index in [0.29, 0.717) is 49.5 Å². The standard InChI is InChI=1S/C19H29N3O4.ClH/c1-13(20-2)12-21-18(23)14-5-7-22(8-6-14)19(24)15-9-16(25-3)11-17(10-15)26-4;/h9-11,13-14,20H,5-8,12H2,1-4H3,(H,21,23);1H. The lowest BCUT2D eigenvalue weighted by molar-refractivity contribution is -0.126. The maximum atomic E-state index is 12.8. The molecule has 2 amide bonds. The van der Waals surface area contributed by atoms with Crippen LogP contribution in [-0.2, 0) is 4.79 Å². The van der Waals surface area contributed by atoms with Crippen LogP contribution in [0.5, 0.6) is 11.5 Å². The van der Waals surface area contributed by atoms with E-state index >= 15 is 0 Å². The molecule has 0 aliphatic carbocycles. The van der Waals surface area contributed by atoms with Gasteiger partial charge in [0.25, 0.3) is 5.91 Å². The number of rotatable bonds is 7. The zero-order chi connectivity index (χ0) is 19.1. The summed E-state index contributed by atoms with van der Waals surface area (Å²) in [4.78, 5) is 26.8. The Labute approximate surface area is 167 Å². The van der Waals surface area contributed by atoms with E-state index in [-0.39, 0.29) is 36.2 Å². The van der Waals surface area contributed by atoms with Crippen LogP contribution in [0.15, 0.2) is 18.2 Å². The molecule has 1 aliphatic rings. The number of carbonyl (C=O) groups excluding carboxylic acids is 2.